The quantitative estimate of drug-likeness (QED) is 0.184. The summed E-state index contributed by atoms with van der Waals surface area (Å²) in [7, 11) is 0. The Bertz CT molecular complexity index is 2470. The molecule has 0 amide bonds. The molecule has 0 aliphatic rings. The highest BCUT2D eigenvalue weighted by atomic mass is 16.3. The Balaban J connectivity index is 1.37. The van der Waals surface area contributed by atoms with Crippen molar-refractivity contribution < 1.29 is 4.42 Å². The number of nitrogens with zero attached hydrogens (tertiary/aromatic N) is 3. The van der Waals surface area contributed by atoms with E-state index in [0.29, 0.717) is 17.5 Å². The van der Waals surface area contributed by atoms with Crippen LogP contribution in [0.3, 0.4) is 0 Å². The molecule has 0 N–H and O–H groups in total. The average Bonchev–Trinajstić information content (AvgIpc) is 3.59. The Kier molecular flexibility index (Phi) is 6.43. The van der Waals surface area contributed by atoms with Crippen molar-refractivity contribution in [3.8, 4) is 56.6 Å². The number of fused-ring (bicyclic) bond motifs is 4. The van der Waals surface area contributed by atoms with Crippen molar-refractivity contribution in [1.82, 2.24) is 15.0 Å². The van der Waals surface area contributed by atoms with Crippen molar-refractivity contribution in [2.24, 2.45) is 0 Å². The largest absolute Gasteiger partial charge is 0.456 e. The molecule has 220 valence electrons. The number of hydrogen-bond acceptors (Lipinski definition) is 4. The zero-order chi connectivity index (χ0) is 31.2. The van der Waals surface area contributed by atoms with Crippen LogP contribution in [0.4, 0.5) is 0 Å². The van der Waals surface area contributed by atoms with Gasteiger partial charge in [-0.05, 0) is 45.3 Å². The second-order valence-corrected chi connectivity index (χ2v) is 11.6. The van der Waals surface area contributed by atoms with Gasteiger partial charge in [0.1, 0.15) is 11.3 Å². The standard InChI is InChI=1S/C43H27N3O/c1-4-14-28(15-5-1)39-35-22-12-11-21-33(35)34-25-24-32(26-36(34)40(39)38-27-31-20-10-13-23-37(31)47-38)43-45-41(29-16-6-2-7-17-29)44-42(46-43)30-18-8-3-9-19-30/h1-27H. The van der Waals surface area contributed by atoms with E-state index in [1.807, 2.05) is 78.9 Å². The minimum Gasteiger partial charge on any atom is -0.456 e. The van der Waals surface area contributed by atoms with Crippen molar-refractivity contribution in [2.75, 3.05) is 0 Å². The smallest absolute Gasteiger partial charge is 0.164 e. The van der Waals surface area contributed by atoms with Crippen LogP contribution in [0.15, 0.2) is 168 Å². The summed E-state index contributed by atoms with van der Waals surface area (Å²) < 4.78 is 6.63. The number of rotatable bonds is 5. The molecule has 0 spiro atoms. The molecule has 0 saturated heterocycles. The fraction of sp³-hybridized carbons (Fsp3) is 0. The van der Waals surface area contributed by atoms with Crippen molar-refractivity contribution in [3.63, 3.8) is 0 Å². The summed E-state index contributed by atoms with van der Waals surface area (Å²) in [6, 6.07) is 56.3. The molecule has 0 saturated carbocycles. The van der Waals surface area contributed by atoms with Gasteiger partial charge < -0.3 is 4.42 Å². The van der Waals surface area contributed by atoms with Gasteiger partial charge in [0, 0.05) is 33.2 Å². The summed E-state index contributed by atoms with van der Waals surface area (Å²) in [4.78, 5) is 15.0. The average molecular weight is 602 g/mol. The van der Waals surface area contributed by atoms with Crippen LogP contribution in [-0.2, 0) is 0 Å². The Morgan fingerprint density at radius 3 is 1.49 bits per heavy atom. The lowest BCUT2D eigenvalue weighted by Gasteiger charge is -2.18. The van der Waals surface area contributed by atoms with Gasteiger partial charge in [-0.25, -0.2) is 15.0 Å². The molecular weight excluding hydrogens is 574 g/mol. The van der Waals surface area contributed by atoms with E-state index in [9.17, 15) is 0 Å². The Hall–Kier alpha value is -6.39. The summed E-state index contributed by atoms with van der Waals surface area (Å²) >= 11 is 0. The molecule has 9 rings (SSSR count). The third kappa shape index (κ3) is 4.75. The van der Waals surface area contributed by atoms with Crippen molar-refractivity contribution >= 4 is 32.5 Å². The SMILES string of the molecule is c1ccc(-c2nc(-c3ccccc3)nc(-c3ccc4c(c3)c(-c3cc5ccccc5o3)c(-c3ccccc3)c3ccccc34)n2)cc1. The highest BCUT2D eigenvalue weighted by molar-refractivity contribution is 6.22. The lowest BCUT2D eigenvalue weighted by Crippen LogP contribution is -2.00. The van der Waals surface area contributed by atoms with E-state index in [-0.39, 0.29) is 0 Å². The maximum atomic E-state index is 6.63. The molecule has 0 fully saturated rings. The Morgan fingerprint density at radius 2 is 0.851 bits per heavy atom. The van der Waals surface area contributed by atoms with Gasteiger partial charge >= 0.3 is 0 Å². The molecular formula is C43H27N3O. The molecule has 0 radical (unpaired) electrons. The fourth-order valence-corrected chi connectivity index (χ4v) is 6.53. The van der Waals surface area contributed by atoms with Gasteiger partial charge in [0.15, 0.2) is 17.5 Å². The van der Waals surface area contributed by atoms with Crippen molar-refractivity contribution in [2.45, 2.75) is 0 Å². The zero-order valence-corrected chi connectivity index (χ0v) is 25.3. The van der Waals surface area contributed by atoms with Crippen LogP contribution in [0.1, 0.15) is 0 Å². The van der Waals surface area contributed by atoms with Gasteiger partial charge in [0.05, 0.1) is 0 Å². The first-order chi connectivity index (χ1) is 23.3. The van der Waals surface area contributed by atoms with Crippen LogP contribution in [0.2, 0.25) is 0 Å². The van der Waals surface area contributed by atoms with Crippen LogP contribution in [0, 0.1) is 0 Å². The summed E-state index contributed by atoms with van der Waals surface area (Å²) in [6.45, 7) is 0. The lowest BCUT2D eigenvalue weighted by atomic mass is 9.86. The highest BCUT2D eigenvalue weighted by Crippen LogP contribution is 2.46. The monoisotopic (exact) mass is 601 g/mol. The number of aromatic nitrogens is 3. The molecule has 2 heterocycles. The maximum absolute atomic E-state index is 6.63. The van der Waals surface area contributed by atoms with E-state index in [1.165, 1.54) is 10.8 Å². The lowest BCUT2D eigenvalue weighted by molar-refractivity contribution is 0.632. The molecule has 4 nitrogen and oxygen atoms in total. The molecule has 7 aromatic carbocycles. The first-order valence-electron chi connectivity index (χ1n) is 15.7. The van der Waals surface area contributed by atoms with Gasteiger partial charge in [-0.1, -0.05) is 146 Å². The predicted octanol–water partition coefficient (Wildman–Crippen LogP) is 11.3. The molecule has 0 aliphatic carbocycles. The van der Waals surface area contributed by atoms with E-state index in [4.69, 9.17) is 19.4 Å². The Labute approximate surface area is 271 Å². The van der Waals surface area contributed by atoms with Crippen LogP contribution >= 0.6 is 0 Å². The van der Waals surface area contributed by atoms with Crippen molar-refractivity contribution in [3.05, 3.63) is 164 Å². The fourth-order valence-electron chi connectivity index (χ4n) is 6.53. The molecule has 4 heteroatoms. The van der Waals surface area contributed by atoms with Crippen LogP contribution in [0.5, 0.6) is 0 Å². The molecule has 2 aromatic heterocycles. The Morgan fingerprint density at radius 1 is 0.340 bits per heavy atom. The number of benzene rings is 7. The molecule has 0 atom stereocenters. The van der Waals surface area contributed by atoms with Crippen LogP contribution in [-0.4, -0.2) is 15.0 Å². The maximum Gasteiger partial charge on any atom is 0.164 e. The number of hydrogen-bond donors (Lipinski definition) is 0. The van der Waals surface area contributed by atoms with Crippen molar-refractivity contribution in [1.29, 1.82) is 0 Å². The normalized spacial score (nSPS) is 11.4. The second kappa shape index (κ2) is 11.2. The zero-order valence-electron chi connectivity index (χ0n) is 25.3. The summed E-state index contributed by atoms with van der Waals surface area (Å²) in [5.74, 6) is 2.71. The van der Waals surface area contributed by atoms with Gasteiger partial charge in [-0.2, -0.15) is 0 Å². The van der Waals surface area contributed by atoms with E-state index < -0.39 is 0 Å². The third-order valence-electron chi connectivity index (χ3n) is 8.72. The summed E-state index contributed by atoms with van der Waals surface area (Å²) in [6.07, 6.45) is 0. The molecule has 47 heavy (non-hydrogen) atoms. The molecule has 0 bridgehead atoms. The summed E-state index contributed by atoms with van der Waals surface area (Å²) in [5.41, 5.74) is 6.95. The second-order valence-electron chi connectivity index (χ2n) is 11.6. The topological polar surface area (TPSA) is 51.8 Å². The van der Waals surface area contributed by atoms with Gasteiger partial charge in [0.25, 0.3) is 0 Å². The van der Waals surface area contributed by atoms with Gasteiger partial charge in [-0.15, -0.1) is 0 Å². The molecule has 9 aromatic rings. The summed E-state index contributed by atoms with van der Waals surface area (Å²) in [5, 5.41) is 5.63. The number of para-hydroxylation sites is 1. The molecule has 0 unspecified atom stereocenters. The van der Waals surface area contributed by atoms with E-state index in [2.05, 4.69) is 84.9 Å². The number of furan rings is 1. The first kappa shape index (κ1) is 27.0. The predicted molar refractivity (Wildman–Crippen MR) is 192 cm³/mol. The highest BCUT2D eigenvalue weighted by Gasteiger charge is 2.21. The minimum atomic E-state index is 0.615. The van der Waals surface area contributed by atoms with E-state index in [0.717, 1.165) is 60.9 Å². The third-order valence-corrected chi connectivity index (χ3v) is 8.72. The van der Waals surface area contributed by atoms with Gasteiger partial charge in [0.2, 0.25) is 0 Å². The molecule has 0 aliphatic heterocycles. The van der Waals surface area contributed by atoms with E-state index >= 15 is 0 Å². The van der Waals surface area contributed by atoms with Crippen LogP contribution in [0.25, 0.3) is 89.1 Å². The van der Waals surface area contributed by atoms with Gasteiger partial charge in [-0.3, -0.25) is 0 Å². The minimum absolute atomic E-state index is 0.615. The van der Waals surface area contributed by atoms with Crippen LogP contribution < -0.4 is 0 Å². The van der Waals surface area contributed by atoms with E-state index in [1.54, 1.807) is 0 Å². The first-order valence-corrected chi connectivity index (χ1v) is 15.7.